The second kappa shape index (κ2) is 8.25. The Kier molecular flexibility index (Phi) is 5.78. The Morgan fingerprint density at radius 1 is 1.39 bits per heavy atom. The quantitative estimate of drug-likeness (QED) is 0.686. The monoisotopic (exact) mass is 499 g/mol. The predicted octanol–water partition coefficient (Wildman–Crippen LogP) is 4.08. The summed E-state index contributed by atoms with van der Waals surface area (Å²) in [6.45, 7) is 6.75. The second-order valence-corrected chi connectivity index (χ2v) is 11.6. The molecule has 3 aliphatic heterocycles. The number of hydrogen-bond acceptors (Lipinski definition) is 6. The lowest BCUT2D eigenvalue weighted by molar-refractivity contribution is -0.183. The van der Waals surface area contributed by atoms with Crippen molar-refractivity contribution in [2.75, 3.05) is 13.2 Å². The van der Waals surface area contributed by atoms with Crippen LogP contribution in [0.25, 0.3) is 0 Å². The molecule has 5 heterocycles. The summed E-state index contributed by atoms with van der Waals surface area (Å²) in [6, 6.07) is 1.41. The summed E-state index contributed by atoms with van der Waals surface area (Å²) in [4.78, 5) is 14.6. The van der Waals surface area contributed by atoms with Gasteiger partial charge in [-0.3, -0.25) is 9.48 Å². The molecule has 5 rings (SSSR count). The molecule has 1 spiro atoms. The number of aromatic nitrogens is 3. The first kappa shape index (κ1) is 23.1. The number of likely N-dealkylation sites (tertiary alicyclic amines) is 1. The minimum Gasteiger partial charge on any atom is -0.363 e. The van der Waals surface area contributed by atoms with Gasteiger partial charge in [-0.2, -0.15) is 8.78 Å². The zero-order chi connectivity index (χ0) is 23.5. The minimum absolute atomic E-state index is 0.0131. The molecule has 2 fully saturated rings. The lowest BCUT2D eigenvalue weighted by Gasteiger charge is -2.47. The molecule has 33 heavy (non-hydrogen) atoms. The fourth-order valence-corrected chi connectivity index (χ4v) is 6.90. The summed E-state index contributed by atoms with van der Waals surface area (Å²) < 4.78 is 37.1. The van der Waals surface area contributed by atoms with E-state index in [2.05, 4.69) is 15.6 Å². The van der Waals surface area contributed by atoms with Gasteiger partial charge in [0.05, 0.1) is 22.3 Å². The van der Waals surface area contributed by atoms with Gasteiger partial charge in [0.1, 0.15) is 12.2 Å². The molecule has 0 radical (unpaired) electrons. The maximum absolute atomic E-state index is 14.5. The number of amides is 1. The van der Waals surface area contributed by atoms with Crippen molar-refractivity contribution in [3.05, 3.63) is 32.7 Å². The largest absolute Gasteiger partial charge is 0.363 e. The molecule has 0 aromatic carbocycles. The lowest BCUT2D eigenvalue weighted by Crippen LogP contribution is -2.51. The molecule has 0 saturated carbocycles. The van der Waals surface area contributed by atoms with Gasteiger partial charge in [-0.05, 0) is 33.3 Å². The first-order valence-corrected chi connectivity index (χ1v) is 12.5. The van der Waals surface area contributed by atoms with Gasteiger partial charge in [-0.1, -0.05) is 16.8 Å². The third-order valence-corrected chi connectivity index (χ3v) is 8.37. The van der Waals surface area contributed by atoms with Crippen molar-refractivity contribution in [1.82, 2.24) is 25.2 Å². The van der Waals surface area contributed by atoms with Crippen molar-refractivity contribution in [3.8, 4) is 0 Å². The van der Waals surface area contributed by atoms with Gasteiger partial charge in [0.2, 0.25) is 5.91 Å². The molecule has 7 nitrogen and oxygen atoms in total. The number of thiophene rings is 1. The predicted molar refractivity (Wildman–Crippen MR) is 120 cm³/mol. The normalized spacial score (nSPS) is 31.5. The lowest BCUT2D eigenvalue weighted by atomic mass is 9.78. The number of fused-ring (bicyclic) bond motifs is 2. The number of hydrogen-bond donors (Lipinski definition) is 1. The molecule has 3 aliphatic rings. The third-order valence-electron chi connectivity index (χ3n) is 6.92. The van der Waals surface area contributed by atoms with Crippen LogP contribution in [0.15, 0.2) is 12.3 Å². The summed E-state index contributed by atoms with van der Waals surface area (Å²) in [5.74, 6) is -2.67. The highest BCUT2D eigenvalue weighted by molar-refractivity contribution is 7.16. The highest BCUT2D eigenvalue weighted by atomic mass is 35.5. The van der Waals surface area contributed by atoms with Crippen molar-refractivity contribution in [1.29, 1.82) is 0 Å². The van der Waals surface area contributed by atoms with E-state index in [1.807, 2.05) is 31.9 Å². The Labute approximate surface area is 200 Å². The van der Waals surface area contributed by atoms with Gasteiger partial charge < -0.3 is 15.0 Å². The number of alkyl halides is 2. The molecule has 180 valence electrons. The average Bonchev–Trinajstić information content (AvgIpc) is 3.45. The Balaban J connectivity index is 1.35. The Bertz CT molecular complexity index is 1060. The zero-order valence-corrected chi connectivity index (χ0v) is 20.4. The molecule has 2 saturated heterocycles. The fourth-order valence-electron chi connectivity index (χ4n) is 5.46. The maximum Gasteiger partial charge on any atom is 0.297 e. The van der Waals surface area contributed by atoms with E-state index in [0.717, 1.165) is 12.2 Å². The van der Waals surface area contributed by atoms with Crippen molar-refractivity contribution in [2.45, 2.75) is 76.2 Å². The minimum atomic E-state index is -3.04. The van der Waals surface area contributed by atoms with Crippen LogP contribution in [0.5, 0.6) is 0 Å². The van der Waals surface area contributed by atoms with Crippen molar-refractivity contribution in [3.63, 3.8) is 0 Å². The Morgan fingerprint density at radius 2 is 2.18 bits per heavy atom. The van der Waals surface area contributed by atoms with Gasteiger partial charge in [-0.25, -0.2) is 0 Å². The van der Waals surface area contributed by atoms with Crippen LogP contribution in [-0.4, -0.2) is 51.0 Å². The maximum atomic E-state index is 14.5. The average molecular weight is 500 g/mol. The Hall–Kier alpha value is -1.62. The van der Waals surface area contributed by atoms with Crippen LogP contribution in [0.3, 0.4) is 0 Å². The van der Waals surface area contributed by atoms with Crippen molar-refractivity contribution < 1.29 is 18.3 Å². The molecule has 0 aliphatic carbocycles. The highest BCUT2D eigenvalue weighted by Gasteiger charge is 2.53. The zero-order valence-electron chi connectivity index (χ0n) is 18.9. The van der Waals surface area contributed by atoms with E-state index in [4.69, 9.17) is 16.3 Å². The molecular weight excluding hydrogens is 472 g/mol. The summed E-state index contributed by atoms with van der Waals surface area (Å²) in [5, 5.41) is 12.2. The van der Waals surface area contributed by atoms with Crippen LogP contribution in [0.2, 0.25) is 4.34 Å². The van der Waals surface area contributed by atoms with E-state index < -0.39 is 18.1 Å². The molecule has 1 amide bonds. The first-order chi connectivity index (χ1) is 15.6. The van der Waals surface area contributed by atoms with E-state index in [1.165, 1.54) is 17.4 Å². The van der Waals surface area contributed by atoms with E-state index in [0.29, 0.717) is 35.0 Å². The van der Waals surface area contributed by atoms with Crippen molar-refractivity contribution in [2.24, 2.45) is 5.92 Å². The summed E-state index contributed by atoms with van der Waals surface area (Å²) >= 11 is 7.34. The van der Waals surface area contributed by atoms with E-state index in [-0.39, 0.29) is 35.5 Å². The molecule has 2 aromatic heterocycles. The highest BCUT2D eigenvalue weighted by Crippen LogP contribution is 2.54. The van der Waals surface area contributed by atoms with Gasteiger partial charge >= 0.3 is 0 Å². The molecule has 4 atom stereocenters. The topological polar surface area (TPSA) is 72.3 Å². The van der Waals surface area contributed by atoms with Gasteiger partial charge in [-0.15, -0.1) is 16.4 Å². The van der Waals surface area contributed by atoms with Gasteiger partial charge in [0, 0.05) is 54.4 Å². The number of nitrogens with one attached hydrogen (secondary N) is 1. The van der Waals surface area contributed by atoms with E-state index in [1.54, 1.807) is 4.68 Å². The van der Waals surface area contributed by atoms with Crippen LogP contribution >= 0.6 is 22.9 Å². The number of carbonyl (C=O) groups is 1. The molecule has 2 aromatic rings. The van der Waals surface area contributed by atoms with E-state index in [9.17, 15) is 13.6 Å². The molecular formula is C22H28ClF2N5O2S. The van der Waals surface area contributed by atoms with E-state index >= 15 is 0 Å². The molecule has 11 heteroatoms. The number of carbonyl (C=O) groups excluding carboxylic acids is 1. The third kappa shape index (κ3) is 4.19. The summed E-state index contributed by atoms with van der Waals surface area (Å²) in [7, 11) is 0. The smallest absolute Gasteiger partial charge is 0.297 e. The van der Waals surface area contributed by atoms with Crippen LogP contribution < -0.4 is 5.32 Å². The number of rotatable bonds is 4. The van der Waals surface area contributed by atoms with Crippen LogP contribution in [0.4, 0.5) is 8.78 Å². The summed E-state index contributed by atoms with van der Waals surface area (Å²) in [6.07, 6.45) is 3.45. The number of piperidine rings is 1. The van der Waals surface area contributed by atoms with Crippen LogP contribution in [0, 0.1) is 5.92 Å². The summed E-state index contributed by atoms with van der Waals surface area (Å²) in [5.41, 5.74) is -0.0965. The Morgan fingerprint density at radius 3 is 2.91 bits per heavy atom. The van der Waals surface area contributed by atoms with Gasteiger partial charge in [0.25, 0.3) is 5.92 Å². The second-order valence-electron chi connectivity index (χ2n) is 9.88. The molecule has 1 unspecified atom stereocenters. The first-order valence-electron chi connectivity index (χ1n) is 11.3. The number of halogens is 3. The SMILES string of the molecule is CC(C)N1CC(Cn2cc([C@@H]3C[C@]4(C[C@H](C)N3)OCC(F)(F)c3cc(Cl)sc34)nn2)CC1=O. The van der Waals surface area contributed by atoms with Gasteiger partial charge in [0.15, 0.2) is 0 Å². The molecule has 0 bridgehead atoms. The standard InChI is InChI=1S/C22H28ClF2N5O2S/c1-12(2)30-9-14(4-19(30)31)8-29-10-17(27-28-29)16-7-21(6-13(3)26-16)20-15(5-18(23)33-20)22(24,25)11-32-21/h5,10,12-14,16,26H,4,6-9,11H2,1-3H3/t13-,14?,16-,21-/m0/s1. The molecule has 1 N–H and O–H groups in total. The van der Waals surface area contributed by atoms with Crippen LogP contribution in [0.1, 0.15) is 62.2 Å². The van der Waals surface area contributed by atoms with Crippen molar-refractivity contribution >= 4 is 28.8 Å². The number of nitrogens with zero attached hydrogens (tertiary/aromatic N) is 4. The number of ether oxygens (including phenoxy) is 1. The van der Waals surface area contributed by atoms with Crippen LogP contribution in [-0.2, 0) is 27.6 Å². The fraction of sp³-hybridized carbons (Fsp3) is 0.682.